The average Bonchev–Trinajstić information content (AvgIpc) is 3.09. The highest BCUT2D eigenvalue weighted by Crippen LogP contribution is 2.41. The van der Waals surface area contributed by atoms with Gasteiger partial charge < -0.3 is 9.64 Å². The number of hydrogen-bond donors (Lipinski definition) is 0. The first-order chi connectivity index (χ1) is 11.8. The normalized spacial score (nSPS) is 25.1. The van der Waals surface area contributed by atoms with E-state index in [1.165, 1.54) is 37.7 Å². The van der Waals surface area contributed by atoms with Gasteiger partial charge in [0.25, 0.3) is 0 Å². The van der Waals surface area contributed by atoms with Crippen LogP contribution in [0.4, 0.5) is 0 Å². The minimum absolute atomic E-state index is 0.322. The van der Waals surface area contributed by atoms with Crippen LogP contribution in [0, 0.1) is 17.8 Å². The molecule has 3 aliphatic rings. The van der Waals surface area contributed by atoms with Crippen LogP contribution in [-0.2, 0) is 0 Å². The molecule has 3 fully saturated rings. The Bertz CT molecular complexity index is 757. The van der Waals surface area contributed by atoms with E-state index in [-0.39, 0.29) is 0 Å². The lowest BCUT2D eigenvalue weighted by atomic mass is 9.77. The van der Waals surface area contributed by atoms with Gasteiger partial charge in [0.15, 0.2) is 6.61 Å². The van der Waals surface area contributed by atoms with Crippen molar-refractivity contribution in [3.63, 3.8) is 0 Å². The highest BCUT2D eigenvalue weighted by atomic mass is 35.5. The lowest BCUT2D eigenvalue weighted by Gasteiger charge is -2.44. The number of hydrogen-bond acceptors (Lipinski definition) is 5. The molecule has 1 unspecified atom stereocenters. The van der Waals surface area contributed by atoms with E-state index in [0.29, 0.717) is 23.4 Å². The summed E-state index contributed by atoms with van der Waals surface area (Å²) in [5.74, 6) is 7.97. The molecule has 5 rings (SSSR count). The Hall–Kier alpha value is -1.61. The van der Waals surface area contributed by atoms with Crippen LogP contribution in [0.25, 0.3) is 0 Å². The Morgan fingerprint density at radius 2 is 2.00 bits per heavy atom. The maximum absolute atomic E-state index is 5.87. The summed E-state index contributed by atoms with van der Waals surface area (Å²) in [5.41, 5.74) is 1.96. The molecule has 24 heavy (non-hydrogen) atoms. The number of rotatable bonds is 3. The number of fused-ring (bicyclic) bond motifs is 3. The molecule has 1 aromatic carbocycles. The van der Waals surface area contributed by atoms with Gasteiger partial charge in [0.2, 0.25) is 5.88 Å². The number of nitrogens with zero attached hydrogens (tertiary/aromatic N) is 3. The molecule has 6 heteroatoms. The fourth-order valence-electron chi connectivity index (χ4n) is 3.56. The predicted molar refractivity (Wildman–Crippen MR) is 95.6 cm³/mol. The van der Waals surface area contributed by atoms with Gasteiger partial charge in [-0.05, 0) is 56.1 Å². The second kappa shape index (κ2) is 7.10. The summed E-state index contributed by atoms with van der Waals surface area (Å²) in [6.45, 7) is 3.86. The number of aromatic nitrogens is 2. The fraction of sp³-hybridized carbons (Fsp3) is 0.444. The van der Waals surface area contributed by atoms with E-state index in [9.17, 15) is 0 Å². The van der Waals surface area contributed by atoms with E-state index >= 15 is 0 Å². The van der Waals surface area contributed by atoms with Crippen LogP contribution in [-0.4, -0.2) is 39.9 Å². The first kappa shape index (κ1) is 15.9. The van der Waals surface area contributed by atoms with Crippen molar-refractivity contribution in [2.45, 2.75) is 18.8 Å². The van der Waals surface area contributed by atoms with Gasteiger partial charge in [-0.15, -0.1) is 4.37 Å². The summed E-state index contributed by atoms with van der Waals surface area (Å²) in [4.78, 5) is 2.52. The summed E-state index contributed by atoms with van der Waals surface area (Å²) in [6.07, 6.45) is 2.52. The lowest BCUT2D eigenvalue weighted by molar-refractivity contribution is 0.0843. The molecular formula is C18H18ClN3OS. The molecule has 1 atom stereocenters. The molecule has 2 aromatic rings. The molecule has 0 radical (unpaired) electrons. The average molecular weight is 360 g/mol. The van der Waals surface area contributed by atoms with Gasteiger partial charge in [0, 0.05) is 23.0 Å². The Morgan fingerprint density at radius 1 is 1.21 bits per heavy atom. The number of halogens is 1. The molecule has 0 spiro atoms. The zero-order chi connectivity index (χ0) is 16.4. The summed E-state index contributed by atoms with van der Waals surface area (Å²) >= 11 is 7.11. The molecule has 3 aliphatic heterocycles. The summed E-state index contributed by atoms with van der Waals surface area (Å²) in [7, 11) is 0. The van der Waals surface area contributed by atoms with Crippen LogP contribution >= 0.6 is 23.3 Å². The van der Waals surface area contributed by atoms with Gasteiger partial charge in [-0.25, -0.2) is 0 Å². The van der Waals surface area contributed by atoms with Crippen molar-refractivity contribution in [2.24, 2.45) is 5.92 Å². The second-order valence-corrected chi connectivity index (χ2v) is 7.26. The molecule has 4 heterocycles. The van der Waals surface area contributed by atoms with Gasteiger partial charge in [-0.1, -0.05) is 23.4 Å². The fourth-order valence-corrected chi connectivity index (χ4v) is 4.25. The quantitative estimate of drug-likeness (QED) is 0.787. The van der Waals surface area contributed by atoms with E-state index in [4.69, 9.17) is 16.3 Å². The second-order valence-electron chi connectivity index (χ2n) is 6.30. The van der Waals surface area contributed by atoms with E-state index < -0.39 is 0 Å². The van der Waals surface area contributed by atoms with E-state index in [2.05, 4.69) is 25.5 Å². The Labute approximate surface area is 151 Å². The summed E-state index contributed by atoms with van der Waals surface area (Å²) in [5, 5.41) is 0.715. The number of piperidine rings is 3. The smallest absolute Gasteiger partial charge is 0.250 e. The molecule has 0 aliphatic carbocycles. The predicted octanol–water partition coefficient (Wildman–Crippen LogP) is 3.43. The third kappa shape index (κ3) is 3.41. The Morgan fingerprint density at radius 3 is 2.71 bits per heavy atom. The summed E-state index contributed by atoms with van der Waals surface area (Å²) < 4.78 is 14.7. The van der Waals surface area contributed by atoms with Crippen LogP contribution in [0.1, 0.15) is 30.0 Å². The molecule has 4 nitrogen and oxygen atoms in total. The third-order valence-corrected chi connectivity index (χ3v) is 5.63. The third-order valence-electron chi connectivity index (χ3n) is 4.85. The Balaban J connectivity index is 1.40. The van der Waals surface area contributed by atoms with Gasteiger partial charge in [-0.3, -0.25) is 0 Å². The van der Waals surface area contributed by atoms with Crippen molar-refractivity contribution in [3.05, 3.63) is 40.5 Å². The first-order valence-corrected chi connectivity index (χ1v) is 9.32. The van der Waals surface area contributed by atoms with Gasteiger partial charge >= 0.3 is 0 Å². The summed E-state index contributed by atoms with van der Waals surface area (Å²) in [6, 6.07) is 7.47. The van der Waals surface area contributed by atoms with Crippen molar-refractivity contribution >= 4 is 23.3 Å². The molecule has 0 saturated carbocycles. The van der Waals surface area contributed by atoms with Gasteiger partial charge in [0.05, 0.1) is 11.7 Å². The zero-order valence-electron chi connectivity index (χ0n) is 13.2. The van der Waals surface area contributed by atoms with Crippen LogP contribution in [0.15, 0.2) is 24.3 Å². The van der Waals surface area contributed by atoms with E-state index in [0.717, 1.165) is 23.7 Å². The van der Waals surface area contributed by atoms with Gasteiger partial charge in [0.1, 0.15) is 5.69 Å². The monoisotopic (exact) mass is 359 g/mol. The van der Waals surface area contributed by atoms with Crippen molar-refractivity contribution in [1.29, 1.82) is 0 Å². The van der Waals surface area contributed by atoms with Crippen LogP contribution < -0.4 is 4.74 Å². The topological polar surface area (TPSA) is 38.3 Å². The van der Waals surface area contributed by atoms with Crippen molar-refractivity contribution in [3.8, 4) is 17.7 Å². The van der Waals surface area contributed by atoms with Gasteiger partial charge in [-0.2, -0.15) is 4.37 Å². The molecular weight excluding hydrogens is 342 g/mol. The highest BCUT2D eigenvalue weighted by molar-refractivity contribution is 6.99. The van der Waals surface area contributed by atoms with Crippen molar-refractivity contribution in [1.82, 2.24) is 13.6 Å². The zero-order valence-corrected chi connectivity index (χ0v) is 14.8. The molecule has 0 N–H and O–H groups in total. The highest BCUT2D eigenvalue weighted by Gasteiger charge is 2.38. The SMILES string of the molecule is Clc1ccc(C#CCOc2nsnc2C2CN3CCC2CC3)cc1. The molecule has 124 valence electrons. The van der Waals surface area contributed by atoms with Crippen molar-refractivity contribution in [2.75, 3.05) is 26.2 Å². The maximum atomic E-state index is 5.87. The maximum Gasteiger partial charge on any atom is 0.250 e. The molecule has 1 aromatic heterocycles. The van der Waals surface area contributed by atoms with Crippen LogP contribution in [0.5, 0.6) is 5.88 Å². The first-order valence-electron chi connectivity index (χ1n) is 8.21. The van der Waals surface area contributed by atoms with Crippen molar-refractivity contribution < 1.29 is 4.74 Å². The molecule has 2 bridgehead atoms. The van der Waals surface area contributed by atoms with E-state index in [1.807, 2.05) is 24.3 Å². The Kier molecular flexibility index (Phi) is 4.70. The number of ether oxygens (including phenoxy) is 1. The lowest BCUT2D eigenvalue weighted by Crippen LogP contribution is -2.46. The largest absolute Gasteiger partial charge is 0.463 e. The molecule has 3 saturated heterocycles. The molecule has 0 amide bonds. The standard InChI is InChI=1S/C18H18ClN3OS/c19-15-5-3-13(4-6-15)2-1-11-23-18-17(20-24-21-18)16-12-22-9-7-14(16)8-10-22/h3-6,14,16H,7-12H2. The van der Waals surface area contributed by atoms with Crippen LogP contribution in [0.3, 0.4) is 0 Å². The van der Waals surface area contributed by atoms with Crippen LogP contribution in [0.2, 0.25) is 5.02 Å². The minimum atomic E-state index is 0.322. The minimum Gasteiger partial charge on any atom is -0.463 e. The number of benzene rings is 1. The van der Waals surface area contributed by atoms with E-state index in [1.54, 1.807) is 0 Å².